The maximum atomic E-state index is 12.9. The summed E-state index contributed by atoms with van der Waals surface area (Å²) in [6.07, 6.45) is 0. The summed E-state index contributed by atoms with van der Waals surface area (Å²) < 4.78 is 27.0. The Morgan fingerprint density at radius 2 is 1.81 bits per heavy atom. The number of anilines is 1. The monoisotopic (exact) mass is 400 g/mol. The number of carbonyl (C=O) groups is 1. The summed E-state index contributed by atoms with van der Waals surface area (Å²) in [5.41, 5.74) is 1.39. The van der Waals surface area contributed by atoms with Crippen molar-refractivity contribution in [1.82, 2.24) is 5.32 Å². The summed E-state index contributed by atoms with van der Waals surface area (Å²) in [7, 11) is -3.75. The van der Waals surface area contributed by atoms with Crippen molar-refractivity contribution in [3.05, 3.63) is 71.2 Å². The van der Waals surface area contributed by atoms with Crippen molar-refractivity contribution in [2.24, 2.45) is 0 Å². The molecule has 0 aliphatic carbocycles. The first-order chi connectivity index (χ1) is 12.9. The molecule has 3 aromatic rings. The molecule has 0 saturated heterocycles. The van der Waals surface area contributed by atoms with E-state index in [4.69, 9.17) is 11.6 Å². The predicted molar refractivity (Wildman–Crippen MR) is 106 cm³/mol. The molecule has 0 aromatic heterocycles. The van der Waals surface area contributed by atoms with Gasteiger partial charge in [0.15, 0.2) is 0 Å². The number of carbonyl (C=O) groups excluding carboxylic acids is 1. The van der Waals surface area contributed by atoms with Crippen molar-refractivity contribution >= 4 is 44.0 Å². The third kappa shape index (κ3) is 3.05. The van der Waals surface area contributed by atoms with Gasteiger partial charge in [0.2, 0.25) is 5.91 Å². The molecular weight excluding hydrogens is 384 g/mol. The number of benzene rings is 3. The van der Waals surface area contributed by atoms with Gasteiger partial charge in [-0.05, 0) is 42.1 Å². The van der Waals surface area contributed by atoms with Crippen LogP contribution in [0.15, 0.2) is 65.6 Å². The molecule has 0 saturated carbocycles. The van der Waals surface area contributed by atoms with E-state index in [9.17, 15) is 13.2 Å². The summed E-state index contributed by atoms with van der Waals surface area (Å²) in [5.74, 6) is -0.379. The van der Waals surface area contributed by atoms with Crippen molar-refractivity contribution in [2.75, 3.05) is 10.8 Å². The standard InChI is InChI=1S/C20H17ClN2O3S/c1-13(15-7-2-8-16(21)11-15)22-19(24)12-23-17-9-3-5-14-6-4-10-18(20(14)17)27(23,25)26/h2-11,13H,12H2,1H3,(H,22,24). The van der Waals surface area contributed by atoms with Gasteiger partial charge in [-0.3, -0.25) is 9.10 Å². The number of halogens is 1. The fourth-order valence-electron chi connectivity index (χ4n) is 3.41. The average Bonchev–Trinajstić information content (AvgIpc) is 2.85. The number of hydrogen-bond donors (Lipinski definition) is 1. The Morgan fingerprint density at radius 1 is 1.11 bits per heavy atom. The molecule has 5 nitrogen and oxygen atoms in total. The lowest BCUT2D eigenvalue weighted by atomic mass is 10.1. The van der Waals surface area contributed by atoms with Crippen LogP contribution in [0.3, 0.4) is 0 Å². The van der Waals surface area contributed by atoms with Crippen LogP contribution in [0.2, 0.25) is 5.02 Å². The number of nitrogens with one attached hydrogen (secondary N) is 1. The second-order valence-electron chi connectivity index (χ2n) is 6.49. The molecule has 1 aliphatic rings. The molecule has 1 atom stereocenters. The molecule has 1 unspecified atom stereocenters. The van der Waals surface area contributed by atoms with E-state index >= 15 is 0 Å². The van der Waals surface area contributed by atoms with Gasteiger partial charge in [0.1, 0.15) is 6.54 Å². The largest absolute Gasteiger partial charge is 0.348 e. The van der Waals surface area contributed by atoms with Crippen molar-refractivity contribution < 1.29 is 13.2 Å². The molecule has 4 rings (SSSR count). The smallest absolute Gasteiger partial charge is 0.265 e. The van der Waals surface area contributed by atoms with Crippen molar-refractivity contribution in [3.8, 4) is 0 Å². The maximum absolute atomic E-state index is 12.9. The molecule has 138 valence electrons. The average molecular weight is 401 g/mol. The Bertz CT molecular complexity index is 1160. The van der Waals surface area contributed by atoms with Crippen molar-refractivity contribution in [3.63, 3.8) is 0 Å². The van der Waals surface area contributed by atoms with Crippen molar-refractivity contribution in [1.29, 1.82) is 0 Å². The highest BCUT2D eigenvalue weighted by molar-refractivity contribution is 7.93. The van der Waals surface area contributed by atoms with E-state index in [-0.39, 0.29) is 23.4 Å². The molecule has 1 N–H and O–H groups in total. The topological polar surface area (TPSA) is 66.5 Å². The molecule has 1 heterocycles. The molecule has 0 spiro atoms. The number of nitrogens with zero attached hydrogens (tertiary/aromatic N) is 1. The molecule has 0 bridgehead atoms. The Labute approximate surface area is 162 Å². The van der Waals surface area contributed by atoms with Crippen LogP contribution in [0.4, 0.5) is 5.69 Å². The van der Waals surface area contributed by atoms with Gasteiger partial charge < -0.3 is 5.32 Å². The van der Waals surface area contributed by atoms with Gasteiger partial charge in [-0.15, -0.1) is 0 Å². The van der Waals surface area contributed by atoms with Gasteiger partial charge in [-0.25, -0.2) is 8.42 Å². The van der Waals surface area contributed by atoms with Gasteiger partial charge in [0.25, 0.3) is 10.0 Å². The van der Waals surface area contributed by atoms with Crippen LogP contribution in [0.5, 0.6) is 0 Å². The fraction of sp³-hybridized carbons (Fsp3) is 0.150. The van der Waals surface area contributed by atoms with Crippen LogP contribution in [0, 0.1) is 0 Å². The van der Waals surface area contributed by atoms with Crippen LogP contribution >= 0.6 is 11.6 Å². The van der Waals surface area contributed by atoms with Gasteiger partial charge in [0, 0.05) is 10.4 Å². The maximum Gasteiger partial charge on any atom is 0.265 e. The van der Waals surface area contributed by atoms with E-state index in [0.717, 1.165) is 10.9 Å². The minimum absolute atomic E-state index is 0.242. The van der Waals surface area contributed by atoms with E-state index in [0.29, 0.717) is 16.1 Å². The minimum atomic E-state index is -3.75. The number of hydrogen-bond acceptors (Lipinski definition) is 3. The van der Waals surface area contributed by atoms with E-state index in [1.54, 1.807) is 36.4 Å². The third-order valence-electron chi connectivity index (χ3n) is 4.69. The number of sulfonamides is 1. The molecule has 1 aliphatic heterocycles. The first kappa shape index (κ1) is 17.8. The zero-order valence-corrected chi connectivity index (χ0v) is 16.1. The Hall–Kier alpha value is -2.57. The normalized spacial score (nSPS) is 15.7. The highest BCUT2D eigenvalue weighted by Gasteiger charge is 2.36. The quantitative estimate of drug-likeness (QED) is 0.722. The Morgan fingerprint density at radius 3 is 2.56 bits per heavy atom. The van der Waals surface area contributed by atoms with Crippen LogP contribution < -0.4 is 9.62 Å². The first-order valence-electron chi connectivity index (χ1n) is 8.47. The van der Waals surface area contributed by atoms with Gasteiger partial charge in [0.05, 0.1) is 16.6 Å². The lowest BCUT2D eigenvalue weighted by Crippen LogP contribution is -2.39. The highest BCUT2D eigenvalue weighted by atomic mass is 35.5. The summed E-state index contributed by atoms with van der Waals surface area (Å²) >= 11 is 6.00. The summed E-state index contributed by atoms with van der Waals surface area (Å²) in [4.78, 5) is 12.8. The second-order valence-corrected chi connectivity index (χ2v) is 8.75. The molecule has 3 aromatic carbocycles. The van der Waals surface area contributed by atoms with Crippen LogP contribution in [-0.4, -0.2) is 20.9 Å². The Kier molecular flexibility index (Phi) is 4.32. The number of rotatable bonds is 4. The summed E-state index contributed by atoms with van der Waals surface area (Å²) in [6, 6.07) is 17.4. The first-order valence-corrected chi connectivity index (χ1v) is 10.3. The van der Waals surface area contributed by atoms with Crippen molar-refractivity contribution in [2.45, 2.75) is 17.9 Å². The highest BCUT2D eigenvalue weighted by Crippen LogP contribution is 2.41. The minimum Gasteiger partial charge on any atom is -0.348 e. The van der Waals surface area contributed by atoms with Crippen LogP contribution in [0.25, 0.3) is 10.8 Å². The predicted octanol–water partition coefficient (Wildman–Crippen LogP) is 3.88. The Balaban J connectivity index is 1.60. The van der Waals surface area contributed by atoms with E-state index < -0.39 is 10.0 Å². The third-order valence-corrected chi connectivity index (χ3v) is 6.73. The molecule has 1 amide bonds. The summed E-state index contributed by atoms with van der Waals surface area (Å²) in [5, 5.41) is 4.92. The van der Waals surface area contributed by atoms with Gasteiger partial charge in [-0.1, -0.05) is 48.0 Å². The zero-order chi connectivity index (χ0) is 19.2. The second kappa shape index (κ2) is 6.55. The van der Waals surface area contributed by atoms with Crippen LogP contribution in [0.1, 0.15) is 18.5 Å². The lowest BCUT2D eigenvalue weighted by Gasteiger charge is -2.20. The van der Waals surface area contributed by atoms with E-state index in [2.05, 4.69) is 5.32 Å². The van der Waals surface area contributed by atoms with Gasteiger partial charge >= 0.3 is 0 Å². The fourth-order valence-corrected chi connectivity index (χ4v) is 5.27. The molecule has 0 fully saturated rings. The molecule has 7 heteroatoms. The zero-order valence-electron chi connectivity index (χ0n) is 14.5. The molecule has 0 radical (unpaired) electrons. The SMILES string of the molecule is CC(NC(=O)CN1c2cccc3cccc(c23)S1(=O)=O)c1cccc(Cl)c1. The summed E-state index contributed by atoms with van der Waals surface area (Å²) in [6.45, 7) is 1.55. The van der Waals surface area contributed by atoms with Gasteiger partial charge in [-0.2, -0.15) is 0 Å². The van der Waals surface area contributed by atoms with Crippen LogP contribution in [-0.2, 0) is 14.8 Å². The molecular formula is C20H17ClN2O3S. The lowest BCUT2D eigenvalue weighted by molar-refractivity contribution is -0.120. The van der Waals surface area contributed by atoms with E-state index in [1.165, 1.54) is 4.31 Å². The molecule has 27 heavy (non-hydrogen) atoms. The van der Waals surface area contributed by atoms with E-state index in [1.807, 2.05) is 31.2 Å². The number of amides is 1.